The lowest BCUT2D eigenvalue weighted by molar-refractivity contribution is 0.399. The average Bonchev–Trinajstić information content (AvgIpc) is 2.43. The molecular formula is C11H8F4N4O. The van der Waals surface area contributed by atoms with Gasteiger partial charge in [-0.25, -0.2) is 22.5 Å². The number of hydrogen-bond donors (Lipinski definition) is 2. The van der Waals surface area contributed by atoms with E-state index in [2.05, 4.69) is 15.3 Å². The van der Waals surface area contributed by atoms with Crippen molar-refractivity contribution < 1.29 is 22.3 Å². The van der Waals surface area contributed by atoms with Crippen LogP contribution in [0.5, 0.6) is 5.88 Å². The Kier molecular flexibility index (Phi) is 3.59. The minimum atomic E-state index is -1.60. The van der Waals surface area contributed by atoms with Crippen LogP contribution in [-0.2, 0) is 0 Å². The summed E-state index contributed by atoms with van der Waals surface area (Å²) in [5, 5.41) is 2.08. The van der Waals surface area contributed by atoms with E-state index in [-0.39, 0.29) is 23.5 Å². The van der Waals surface area contributed by atoms with Crippen molar-refractivity contribution in [3.8, 4) is 5.88 Å². The van der Waals surface area contributed by atoms with Gasteiger partial charge in [0.15, 0.2) is 29.1 Å². The highest BCUT2D eigenvalue weighted by Gasteiger charge is 2.21. The summed E-state index contributed by atoms with van der Waals surface area (Å²) in [5.41, 5.74) is 4.36. The standard InChI is InChI=1S/C11H8F4N4O/c1-20-11-8(16)10(17-3-18-11)19-9-6(14)4(12)2-5(13)7(9)15/h2-3H,16H2,1H3,(H,17,18,19). The minimum absolute atomic E-state index is 0.0554. The minimum Gasteiger partial charge on any atom is -0.479 e. The summed E-state index contributed by atoms with van der Waals surface area (Å²) in [6, 6.07) is 0.0970. The van der Waals surface area contributed by atoms with Crippen LogP contribution in [0.25, 0.3) is 0 Å². The number of halogens is 4. The maximum Gasteiger partial charge on any atom is 0.242 e. The highest BCUT2D eigenvalue weighted by Crippen LogP contribution is 2.31. The predicted octanol–water partition coefficient (Wildman–Crippen LogP) is 2.37. The van der Waals surface area contributed by atoms with Crippen molar-refractivity contribution in [1.29, 1.82) is 0 Å². The van der Waals surface area contributed by atoms with Crippen molar-refractivity contribution in [3.05, 3.63) is 35.7 Å². The normalized spacial score (nSPS) is 10.4. The van der Waals surface area contributed by atoms with Crippen LogP contribution in [0.3, 0.4) is 0 Å². The molecule has 0 saturated carbocycles. The first kappa shape index (κ1) is 13.8. The first-order valence-electron chi connectivity index (χ1n) is 5.20. The second-order valence-corrected chi connectivity index (χ2v) is 3.61. The molecule has 0 radical (unpaired) electrons. The molecule has 0 bridgehead atoms. The number of nitrogens with one attached hydrogen (secondary N) is 1. The molecule has 0 saturated heterocycles. The SMILES string of the molecule is COc1ncnc(Nc2c(F)c(F)cc(F)c2F)c1N. The summed E-state index contributed by atoms with van der Waals surface area (Å²) in [5.74, 6) is -6.60. The molecule has 1 aromatic heterocycles. The van der Waals surface area contributed by atoms with Gasteiger partial charge in [-0.3, -0.25) is 0 Å². The third-order valence-corrected chi connectivity index (χ3v) is 2.40. The van der Waals surface area contributed by atoms with Crippen LogP contribution < -0.4 is 15.8 Å². The maximum absolute atomic E-state index is 13.5. The first-order chi connectivity index (χ1) is 9.45. The summed E-state index contributed by atoms with van der Waals surface area (Å²) in [7, 11) is 1.27. The molecule has 3 N–H and O–H groups in total. The predicted molar refractivity (Wildman–Crippen MR) is 62.6 cm³/mol. The van der Waals surface area contributed by atoms with Gasteiger partial charge in [-0.1, -0.05) is 0 Å². The van der Waals surface area contributed by atoms with Crippen molar-refractivity contribution in [2.24, 2.45) is 0 Å². The lowest BCUT2D eigenvalue weighted by Crippen LogP contribution is -2.07. The van der Waals surface area contributed by atoms with Crippen LogP contribution in [0.1, 0.15) is 0 Å². The van der Waals surface area contributed by atoms with Gasteiger partial charge >= 0.3 is 0 Å². The first-order valence-corrected chi connectivity index (χ1v) is 5.20. The van der Waals surface area contributed by atoms with E-state index in [1.54, 1.807) is 0 Å². The lowest BCUT2D eigenvalue weighted by Gasteiger charge is -2.12. The lowest BCUT2D eigenvalue weighted by atomic mass is 10.2. The Morgan fingerprint density at radius 2 is 1.70 bits per heavy atom. The molecule has 0 aliphatic heterocycles. The number of nitrogens with zero attached hydrogens (tertiary/aromatic N) is 2. The van der Waals surface area contributed by atoms with E-state index in [1.165, 1.54) is 7.11 Å². The quantitative estimate of drug-likeness (QED) is 0.670. The monoisotopic (exact) mass is 288 g/mol. The van der Waals surface area contributed by atoms with Gasteiger partial charge in [0.05, 0.1) is 7.11 Å². The van der Waals surface area contributed by atoms with Crippen LogP contribution in [0.4, 0.5) is 34.8 Å². The smallest absolute Gasteiger partial charge is 0.242 e. The molecule has 2 aromatic rings. The Morgan fingerprint density at radius 1 is 1.10 bits per heavy atom. The third-order valence-electron chi connectivity index (χ3n) is 2.40. The van der Waals surface area contributed by atoms with Gasteiger partial charge in [-0.05, 0) is 0 Å². The number of rotatable bonds is 3. The van der Waals surface area contributed by atoms with Crippen LogP contribution in [0, 0.1) is 23.3 Å². The van der Waals surface area contributed by atoms with Gasteiger partial charge in [0, 0.05) is 6.07 Å². The molecule has 20 heavy (non-hydrogen) atoms. The fourth-order valence-electron chi connectivity index (χ4n) is 1.44. The second kappa shape index (κ2) is 5.19. The molecule has 0 aliphatic rings. The van der Waals surface area contributed by atoms with E-state index in [9.17, 15) is 17.6 Å². The fraction of sp³-hybridized carbons (Fsp3) is 0.0909. The summed E-state index contributed by atoms with van der Waals surface area (Å²) >= 11 is 0. The number of aromatic nitrogens is 2. The van der Waals surface area contributed by atoms with E-state index < -0.39 is 29.0 Å². The van der Waals surface area contributed by atoms with Gasteiger partial charge in [0.25, 0.3) is 0 Å². The molecule has 0 aliphatic carbocycles. The highest BCUT2D eigenvalue weighted by molar-refractivity contribution is 5.72. The zero-order chi connectivity index (χ0) is 14.9. The average molecular weight is 288 g/mol. The molecule has 1 heterocycles. The van der Waals surface area contributed by atoms with Crippen LogP contribution >= 0.6 is 0 Å². The van der Waals surface area contributed by atoms with E-state index in [4.69, 9.17) is 10.5 Å². The van der Waals surface area contributed by atoms with Crippen molar-refractivity contribution >= 4 is 17.2 Å². The molecule has 0 amide bonds. The summed E-state index contributed by atoms with van der Waals surface area (Å²) in [6.07, 6.45) is 1.00. The van der Waals surface area contributed by atoms with Crippen molar-refractivity contribution in [2.45, 2.75) is 0 Å². The van der Waals surface area contributed by atoms with E-state index in [0.717, 1.165) is 6.33 Å². The molecule has 0 spiro atoms. The molecule has 1 aromatic carbocycles. The Balaban J connectivity index is 2.51. The van der Waals surface area contributed by atoms with Crippen LogP contribution in [0.2, 0.25) is 0 Å². The second-order valence-electron chi connectivity index (χ2n) is 3.61. The van der Waals surface area contributed by atoms with Crippen LogP contribution in [0.15, 0.2) is 12.4 Å². The van der Waals surface area contributed by atoms with Crippen molar-refractivity contribution in [3.63, 3.8) is 0 Å². The van der Waals surface area contributed by atoms with Crippen molar-refractivity contribution in [1.82, 2.24) is 9.97 Å². The summed E-state index contributed by atoms with van der Waals surface area (Å²) in [4.78, 5) is 7.26. The molecular weight excluding hydrogens is 280 g/mol. The molecule has 5 nitrogen and oxygen atoms in total. The molecule has 106 valence electrons. The van der Waals surface area contributed by atoms with Gasteiger partial charge in [-0.2, -0.15) is 4.98 Å². The van der Waals surface area contributed by atoms with Gasteiger partial charge in [-0.15, -0.1) is 0 Å². The zero-order valence-corrected chi connectivity index (χ0v) is 10.0. The number of ether oxygens (including phenoxy) is 1. The summed E-state index contributed by atoms with van der Waals surface area (Å²) < 4.78 is 57.9. The number of methoxy groups -OCH3 is 1. The number of hydrogen-bond acceptors (Lipinski definition) is 5. The molecule has 2 rings (SSSR count). The Morgan fingerprint density at radius 3 is 2.25 bits per heavy atom. The maximum atomic E-state index is 13.5. The molecule has 0 unspecified atom stereocenters. The summed E-state index contributed by atoms with van der Waals surface area (Å²) in [6.45, 7) is 0. The van der Waals surface area contributed by atoms with Gasteiger partial charge in [0.2, 0.25) is 5.88 Å². The molecule has 9 heteroatoms. The Hall–Kier alpha value is -2.58. The Bertz CT molecular complexity index is 639. The van der Waals surface area contributed by atoms with Gasteiger partial charge < -0.3 is 15.8 Å². The van der Waals surface area contributed by atoms with E-state index in [1.807, 2.05) is 0 Å². The number of anilines is 3. The van der Waals surface area contributed by atoms with Crippen molar-refractivity contribution in [2.75, 3.05) is 18.2 Å². The van der Waals surface area contributed by atoms with Gasteiger partial charge in [0.1, 0.15) is 17.7 Å². The number of nitrogen functional groups attached to an aromatic ring is 1. The molecule has 0 atom stereocenters. The molecule has 0 fully saturated rings. The third kappa shape index (κ3) is 2.29. The van der Waals surface area contributed by atoms with E-state index >= 15 is 0 Å². The highest BCUT2D eigenvalue weighted by atomic mass is 19.2. The zero-order valence-electron chi connectivity index (χ0n) is 10.0. The van der Waals surface area contributed by atoms with Crippen LogP contribution in [-0.4, -0.2) is 17.1 Å². The number of nitrogens with two attached hydrogens (primary N) is 1. The fourth-order valence-corrected chi connectivity index (χ4v) is 1.44. The van der Waals surface area contributed by atoms with E-state index in [0.29, 0.717) is 0 Å². The largest absolute Gasteiger partial charge is 0.479 e. The number of benzene rings is 1. The Labute approximate surface area is 110 Å². The topological polar surface area (TPSA) is 73.1 Å².